The van der Waals surface area contributed by atoms with Crippen LogP contribution in [-0.2, 0) is 9.53 Å². The maximum Gasteiger partial charge on any atom is 0.407 e. The van der Waals surface area contributed by atoms with Crippen LogP contribution in [0.3, 0.4) is 0 Å². The first-order valence-corrected chi connectivity index (χ1v) is 9.80. The van der Waals surface area contributed by atoms with E-state index in [1.165, 1.54) is 13.3 Å². The van der Waals surface area contributed by atoms with Crippen LogP contribution in [0.4, 0.5) is 13.6 Å². The highest BCUT2D eigenvalue weighted by atomic mass is 19.3. The number of likely N-dealkylation sites (tertiary alicyclic amines) is 1. The highest BCUT2D eigenvalue weighted by Gasteiger charge is 2.50. The molecule has 2 unspecified atom stereocenters. The van der Waals surface area contributed by atoms with E-state index in [1.54, 1.807) is 38.1 Å². The first-order valence-electron chi connectivity index (χ1n) is 9.80. The molecule has 164 valence electrons. The summed E-state index contributed by atoms with van der Waals surface area (Å²) in [5, 5.41) is 2.44. The van der Waals surface area contributed by atoms with Gasteiger partial charge in [-0.1, -0.05) is 31.9 Å². The van der Waals surface area contributed by atoms with E-state index in [0.717, 1.165) is 10.5 Å². The number of carbonyl (C=O) groups is 2. The van der Waals surface area contributed by atoms with E-state index in [4.69, 9.17) is 6.42 Å². The van der Waals surface area contributed by atoms with Gasteiger partial charge in [-0.25, -0.2) is 18.6 Å². The number of terminal acetylenes is 1. The predicted molar refractivity (Wildman–Crippen MR) is 110 cm³/mol. The monoisotopic (exact) mass is 430 g/mol. The van der Waals surface area contributed by atoms with Crippen molar-refractivity contribution in [1.29, 1.82) is 0 Å². The molecule has 0 bridgehead atoms. The number of methoxy groups -OCH3 is 1. The fourth-order valence-corrected chi connectivity index (χ4v) is 3.57. The van der Waals surface area contributed by atoms with E-state index in [1.807, 2.05) is 0 Å². The normalized spacial score (nSPS) is 18.5. The fraction of sp³-hybridized carbons (Fsp3) is 0.409. The predicted octanol–water partition coefficient (Wildman–Crippen LogP) is 3.35. The topological polar surface area (TPSA) is 87.3 Å². The number of amides is 2. The van der Waals surface area contributed by atoms with Crippen molar-refractivity contribution in [2.45, 2.75) is 38.3 Å². The Bertz CT molecular complexity index is 995. The van der Waals surface area contributed by atoms with Gasteiger partial charge in [-0.05, 0) is 23.6 Å². The summed E-state index contributed by atoms with van der Waals surface area (Å²) in [6.45, 7) is 2.68. The molecule has 2 heterocycles. The summed E-state index contributed by atoms with van der Waals surface area (Å²) in [5.74, 6) is -1.24. The third-order valence-corrected chi connectivity index (χ3v) is 5.22. The molecule has 1 aliphatic heterocycles. The summed E-state index contributed by atoms with van der Waals surface area (Å²) < 4.78 is 33.2. The van der Waals surface area contributed by atoms with Crippen LogP contribution in [0.25, 0.3) is 11.3 Å². The number of benzene rings is 1. The molecule has 2 amide bonds. The van der Waals surface area contributed by atoms with Gasteiger partial charge < -0.3 is 19.9 Å². The minimum atomic E-state index is -3.07. The van der Waals surface area contributed by atoms with Gasteiger partial charge >= 0.3 is 6.09 Å². The number of aromatic nitrogens is 2. The molecule has 2 N–H and O–H groups in total. The molecule has 1 saturated heterocycles. The average Bonchev–Trinajstić information content (AvgIpc) is 3.35. The van der Waals surface area contributed by atoms with Gasteiger partial charge in [-0.15, -0.1) is 6.42 Å². The minimum Gasteiger partial charge on any atom is -0.453 e. The molecule has 1 aromatic heterocycles. The van der Waals surface area contributed by atoms with Gasteiger partial charge in [0.2, 0.25) is 5.91 Å². The second-order valence-electron chi connectivity index (χ2n) is 7.80. The number of halogens is 2. The highest BCUT2D eigenvalue weighted by Crippen LogP contribution is 2.41. The standard InChI is InChI=1S/C22H24F2N4O3/c1-5-14-6-8-15(9-7-14)16-11-25-19(26-16)17-10-22(23,24)12-28(17)20(29)18(13(2)3)27-21(30)31-4/h1,6-9,11,13,17-18H,10,12H2,2-4H3,(H,25,26)(H,27,30). The lowest BCUT2D eigenvalue weighted by Gasteiger charge is -2.29. The summed E-state index contributed by atoms with van der Waals surface area (Å²) in [6.07, 6.45) is 5.53. The third-order valence-electron chi connectivity index (χ3n) is 5.22. The van der Waals surface area contributed by atoms with E-state index in [9.17, 15) is 18.4 Å². The number of hydrogen-bond acceptors (Lipinski definition) is 4. The Hall–Kier alpha value is -3.41. The lowest BCUT2D eigenvalue weighted by Crippen LogP contribution is -2.51. The smallest absolute Gasteiger partial charge is 0.407 e. The number of rotatable bonds is 5. The van der Waals surface area contributed by atoms with E-state index >= 15 is 0 Å². The fourth-order valence-electron chi connectivity index (χ4n) is 3.57. The van der Waals surface area contributed by atoms with Crippen molar-refractivity contribution in [2.75, 3.05) is 13.7 Å². The molecule has 31 heavy (non-hydrogen) atoms. The summed E-state index contributed by atoms with van der Waals surface area (Å²) in [6, 6.07) is 5.17. The zero-order valence-corrected chi connectivity index (χ0v) is 17.5. The zero-order chi connectivity index (χ0) is 22.8. The van der Waals surface area contributed by atoms with Crippen LogP contribution < -0.4 is 5.32 Å². The molecule has 0 spiro atoms. The maximum absolute atomic E-state index is 14.3. The number of nitrogens with zero attached hydrogens (tertiary/aromatic N) is 2. The van der Waals surface area contributed by atoms with Crippen LogP contribution in [0, 0.1) is 18.3 Å². The molecule has 2 atom stereocenters. The van der Waals surface area contributed by atoms with Crippen LogP contribution >= 0.6 is 0 Å². The second kappa shape index (κ2) is 8.76. The number of alkyl halides is 2. The van der Waals surface area contributed by atoms with Crippen molar-refractivity contribution in [1.82, 2.24) is 20.2 Å². The molecule has 7 nitrogen and oxygen atoms in total. The van der Waals surface area contributed by atoms with Gasteiger partial charge in [0.25, 0.3) is 5.92 Å². The number of aromatic amines is 1. The first kappa shape index (κ1) is 22.3. The van der Waals surface area contributed by atoms with E-state index in [0.29, 0.717) is 11.3 Å². The summed E-state index contributed by atoms with van der Waals surface area (Å²) in [7, 11) is 1.17. The lowest BCUT2D eigenvalue weighted by atomic mass is 10.0. The Balaban J connectivity index is 1.88. The molecule has 1 aliphatic rings. The highest BCUT2D eigenvalue weighted by molar-refractivity contribution is 5.86. The van der Waals surface area contributed by atoms with Gasteiger partial charge in [0, 0.05) is 12.0 Å². The molecule has 1 fully saturated rings. The van der Waals surface area contributed by atoms with Crippen molar-refractivity contribution in [3.8, 4) is 23.6 Å². The van der Waals surface area contributed by atoms with Gasteiger partial charge in [0.1, 0.15) is 11.9 Å². The van der Waals surface area contributed by atoms with Gasteiger partial charge in [-0.2, -0.15) is 0 Å². The van der Waals surface area contributed by atoms with Crippen LogP contribution in [0.15, 0.2) is 30.5 Å². The van der Waals surface area contributed by atoms with Crippen molar-refractivity contribution in [3.63, 3.8) is 0 Å². The van der Waals surface area contributed by atoms with Crippen molar-refractivity contribution >= 4 is 12.0 Å². The molecule has 0 radical (unpaired) electrons. The van der Waals surface area contributed by atoms with Gasteiger partial charge in [-0.3, -0.25) is 4.79 Å². The largest absolute Gasteiger partial charge is 0.453 e. The molecule has 0 saturated carbocycles. The SMILES string of the molecule is C#Cc1ccc(-c2cnc(C3CC(F)(F)CN3C(=O)C(NC(=O)OC)C(C)C)[nH]2)cc1. The average molecular weight is 430 g/mol. The molecular weight excluding hydrogens is 406 g/mol. The number of carbonyl (C=O) groups excluding carboxylic acids is 2. The molecule has 9 heteroatoms. The van der Waals surface area contributed by atoms with Gasteiger partial charge in [0.05, 0.1) is 31.6 Å². The number of hydrogen-bond donors (Lipinski definition) is 2. The Kier molecular flexibility index (Phi) is 6.29. The second-order valence-corrected chi connectivity index (χ2v) is 7.80. The van der Waals surface area contributed by atoms with Crippen LogP contribution in [0.1, 0.15) is 37.7 Å². The van der Waals surface area contributed by atoms with E-state index < -0.39 is 43.0 Å². The summed E-state index contributed by atoms with van der Waals surface area (Å²) in [5.41, 5.74) is 2.12. The Morgan fingerprint density at radius 3 is 2.61 bits per heavy atom. The van der Waals surface area contributed by atoms with Crippen LogP contribution in [0.2, 0.25) is 0 Å². The van der Waals surface area contributed by atoms with Crippen LogP contribution in [0.5, 0.6) is 0 Å². The van der Waals surface area contributed by atoms with E-state index in [-0.39, 0.29) is 11.7 Å². The van der Waals surface area contributed by atoms with Crippen molar-refractivity contribution in [2.24, 2.45) is 5.92 Å². The van der Waals surface area contributed by atoms with E-state index in [2.05, 4.69) is 25.9 Å². The van der Waals surface area contributed by atoms with Crippen molar-refractivity contribution in [3.05, 3.63) is 41.9 Å². The molecular formula is C22H24F2N4O3. The molecule has 1 aromatic carbocycles. The Morgan fingerprint density at radius 2 is 2.03 bits per heavy atom. The molecule has 2 aromatic rings. The van der Waals surface area contributed by atoms with Gasteiger partial charge in [0.15, 0.2) is 0 Å². The maximum atomic E-state index is 14.3. The van der Waals surface area contributed by atoms with Crippen LogP contribution in [-0.4, -0.2) is 52.5 Å². The van der Waals surface area contributed by atoms with Crippen molar-refractivity contribution < 1.29 is 23.1 Å². The number of H-pyrrole nitrogens is 1. The molecule has 0 aliphatic carbocycles. The lowest BCUT2D eigenvalue weighted by molar-refractivity contribution is -0.136. The zero-order valence-electron chi connectivity index (χ0n) is 17.5. The molecule has 3 rings (SSSR count). The number of imidazole rings is 1. The summed E-state index contributed by atoms with van der Waals surface area (Å²) >= 11 is 0. The minimum absolute atomic E-state index is 0.252. The summed E-state index contributed by atoms with van der Waals surface area (Å²) in [4.78, 5) is 33.2. The Morgan fingerprint density at radius 1 is 1.35 bits per heavy atom. The Labute approximate surface area is 179 Å². The number of alkyl carbamates (subject to hydrolysis) is 1. The number of ether oxygens (including phenoxy) is 1. The quantitative estimate of drug-likeness (QED) is 0.713. The number of nitrogens with one attached hydrogen (secondary N) is 2. The first-order chi connectivity index (χ1) is 14.6. The third kappa shape index (κ3) is 4.85.